The van der Waals surface area contributed by atoms with Crippen molar-refractivity contribution in [3.63, 3.8) is 0 Å². The van der Waals surface area contributed by atoms with Gasteiger partial charge in [0.1, 0.15) is 0 Å². The number of nitrogens with zero attached hydrogens (tertiary/aromatic N) is 5. The molecule has 2 aromatic carbocycles. The van der Waals surface area contributed by atoms with Gasteiger partial charge in [-0.25, -0.2) is 0 Å². The maximum absolute atomic E-state index is 12.3. The third-order valence-electron chi connectivity index (χ3n) is 3.68. The van der Waals surface area contributed by atoms with Crippen LogP contribution in [0.4, 0.5) is 11.4 Å². The van der Waals surface area contributed by atoms with Crippen molar-refractivity contribution in [1.82, 2.24) is 20.2 Å². The molecular formula is C17H18N6O. The Hall–Kier alpha value is -3.22. The number of para-hydroxylation sites is 1. The van der Waals surface area contributed by atoms with Crippen LogP contribution in [0, 0.1) is 6.92 Å². The molecule has 122 valence electrons. The summed E-state index contributed by atoms with van der Waals surface area (Å²) in [7, 11) is 1.76. The molecule has 0 atom stereocenters. The van der Waals surface area contributed by atoms with E-state index in [0.717, 1.165) is 17.1 Å². The number of hydrogen-bond donors (Lipinski definition) is 1. The normalized spacial score (nSPS) is 10.4. The molecule has 0 aliphatic heterocycles. The molecule has 3 rings (SSSR count). The van der Waals surface area contributed by atoms with Crippen molar-refractivity contribution in [2.45, 2.75) is 6.92 Å². The number of rotatable bonds is 5. The van der Waals surface area contributed by atoms with Gasteiger partial charge in [0.05, 0.1) is 12.2 Å². The molecule has 0 saturated heterocycles. The van der Waals surface area contributed by atoms with Crippen molar-refractivity contribution in [2.75, 3.05) is 23.8 Å². The van der Waals surface area contributed by atoms with E-state index >= 15 is 0 Å². The van der Waals surface area contributed by atoms with Crippen LogP contribution >= 0.6 is 0 Å². The molecule has 1 aromatic heterocycles. The summed E-state index contributed by atoms with van der Waals surface area (Å²) in [5, 5.41) is 14.6. The van der Waals surface area contributed by atoms with Crippen molar-refractivity contribution in [1.29, 1.82) is 0 Å². The molecule has 0 fully saturated rings. The van der Waals surface area contributed by atoms with E-state index in [-0.39, 0.29) is 12.5 Å². The molecule has 0 bridgehead atoms. The Balaban J connectivity index is 1.67. The summed E-state index contributed by atoms with van der Waals surface area (Å²) in [6, 6.07) is 17.1. The van der Waals surface area contributed by atoms with Gasteiger partial charge in [0.15, 0.2) is 5.82 Å². The van der Waals surface area contributed by atoms with Gasteiger partial charge in [-0.05, 0) is 47.7 Å². The fraction of sp³-hybridized carbons (Fsp3) is 0.176. The molecular weight excluding hydrogens is 304 g/mol. The predicted molar refractivity (Wildman–Crippen MR) is 92.2 cm³/mol. The summed E-state index contributed by atoms with van der Waals surface area (Å²) >= 11 is 0. The first-order chi connectivity index (χ1) is 11.6. The fourth-order valence-corrected chi connectivity index (χ4v) is 2.31. The summed E-state index contributed by atoms with van der Waals surface area (Å²) in [6.07, 6.45) is 0. The summed E-state index contributed by atoms with van der Waals surface area (Å²) in [6.45, 7) is 2.03. The molecule has 1 N–H and O–H groups in total. The largest absolute Gasteiger partial charge is 0.376 e. The van der Waals surface area contributed by atoms with Crippen LogP contribution in [0.5, 0.6) is 0 Å². The Bertz CT molecular complexity index is 830. The minimum atomic E-state index is -0.0230. The second-order valence-corrected chi connectivity index (χ2v) is 5.33. The van der Waals surface area contributed by atoms with E-state index in [1.807, 2.05) is 61.5 Å². The first-order valence-corrected chi connectivity index (χ1v) is 7.56. The first kappa shape index (κ1) is 15.7. The van der Waals surface area contributed by atoms with Crippen molar-refractivity contribution < 1.29 is 4.79 Å². The number of likely N-dealkylation sites (N-methyl/N-ethyl adjacent to an activating group) is 1. The van der Waals surface area contributed by atoms with E-state index in [0.29, 0.717) is 5.82 Å². The van der Waals surface area contributed by atoms with E-state index in [4.69, 9.17) is 0 Å². The second kappa shape index (κ2) is 6.91. The van der Waals surface area contributed by atoms with E-state index in [2.05, 4.69) is 20.8 Å². The number of anilines is 2. The molecule has 0 spiro atoms. The molecule has 0 aliphatic rings. The van der Waals surface area contributed by atoms with Gasteiger partial charge in [-0.15, -0.1) is 5.10 Å². The number of aromatic nitrogens is 4. The fourth-order valence-electron chi connectivity index (χ4n) is 2.31. The van der Waals surface area contributed by atoms with Crippen LogP contribution in [0.25, 0.3) is 5.69 Å². The number of tetrazole rings is 1. The van der Waals surface area contributed by atoms with Gasteiger partial charge >= 0.3 is 0 Å². The Labute approximate surface area is 139 Å². The van der Waals surface area contributed by atoms with Crippen molar-refractivity contribution in [2.24, 2.45) is 0 Å². The Morgan fingerprint density at radius 3 is 2.67 bits per heavy atom. The quantitative estimate of drug-likeness (QED) is 0.778. The van der Waals surface area contributed by atoms with Crippen LogP contribution in [0.2, 0.25) is 0 Å². The van der Waals surface area contributed by atoms with Crippen molar-refractivity contribution >= 4 is 17.3 Å². The van der Waals surface area contributed by atoms with E-state index in [9.17, 15) is 4.79 Å². The highest BCUT2D eigenvalue weighted by Gasteiger charge is 2.10. The van der Waals surface area contributed by atoms with Gasteiger partial charge in [-0.1, -0.05) is 24.3 Å². The molecule has 0 unspecified atom stereocenters. The monoisotopic (exact) mass is 322 g/mol. The highest BCUT2D eigenvalue weighted by molar-refractivity contribution is 5.95. The lowest BCUT2D eigenvalue weighted by Gasteiger charge is -2.18. The molecule has 7 nitrogen and oxygen atoms in total. The molecule has 7 heteroatoms. The molecule has 24 heavy (non-hydrogen) atoms. The maximum Gasteiger partial charge on any atom is 0.246 e. The topological polar surface area (TPSA) is 75.9 Å². The van der Waals surface area contributed by atoms with Crippen LogP contribution < -0.4 is 10.2 Å². The zero-order valence-electron chi connectivity index (χ0n) is 13.5. The highest BCUT2D eigenvalue weighted by Crippen LogP contribution is 2.15. The predicted octanol–water partition coefficient (Wildman–Crippen LogP) is 2.05. The zero-order valence-corrected chi connectivity index (χ0v) is 13.5. The maximum atomic E-state index is 12.3. The molecule has 0 aliphatic carbocycles. The molecule has 1 amide bonds. The third-order valence-corrected chi connectivity index (χ3v) is 3.68. The lowest BCUT2D eigenvalue weighted by molar-refractivity contribution is -0.116. The number of aryl methyl sites for hydroxylation is 1. The van der Waals surface area contributed by atoms with Gasteiger partial charge in [0.2, 0.25) is 5.91 Å². The second-order valence-electron chi connectivity index (χ2n) is 5.33. The number of amides is 1. The Kier molecular flexibility index (Phi) is 4.51. The number of hydrogen-bond acceptors (Lipinski definition) is 5. The van der Waals surface area contributed by atoms with E-state index in [1.54, 1.807) is 16.6 Å². The highest BCUT2D eigenvalue weighted by atomic mass is 16.2. The van der Waals surface area contributed by atoms with Crippen LogP contribution in [0.15, 0.2) is 54.6 Å². The Morgan fingerprint density at radius 2 is 1.96 bits per heavy atom. The average molecular weight is 322 g/mol. The Morgan fingerprint density at radius 1 is 1.17 bits per heavy atom. The molecule has 3 aromatic rings. The number of nitrogens with one attached hydrogen (secondary N) is 1. The van der Waals surface area contributed by atoms with Crippen LogP contribution in [-0.4, -0.2) is 39.7 Å². The van der Waals surface area contributed by atoms with Crippen molar-refractivity contribution in [3.8, 4) is 5.69 Å². The number of carbonyl (C=O) groups is 1. The van der Waals surface area contributed by atoms with Gasteiger partial charge in [0.25, 0.3) is 0 Å². The lowest BCUT2D eigenvalue weighted by atomic mass is 10.2. The third kappa shape index (κ3) is 3.40. The summed E-state index contributed by atoms with van der Waals surface area (Å²) in [5.74, 6) is 0.678. The van der Waals surface area contributed by atoms with Gasteiger partial charge in [0, 0.05) is 18.4 Å². The van der Waals surface area contributed by atoms with E-state index in [1.165, 1.54) is 0 Å². The standard InChI is InChI=1S/C17H18N6O/c1-13-19-20-21-23(13)16-10-6-7-14(11-16)18-12-17(24)22(2)15-8-4-3-5-9-15/h3-11,18H,12H2,1-2H3. The molecule has 0 saturated carbocycles. The van der Waals surface area contributed by atoms with Crippen LogP contribution in [-0.2, 0) is 4.79 Å². The van der Waals surface area contributed by atoms with E-state index < -0.39 is 0 Å². The average Bonchev–Trinajstić information content (AvgIpc) is 3.06. The smallest absolute Gasteiger partial charge is 0.246 e. The van der Waals surface area contributed by atoms with Crippen LogP contribution in [0.3, 0.4) is 0 Å². The van der Waals surface area contributed by atoms with Crippen LogP contribution in [0.1, 0.15) is 5.82 Å². The van der Waals surface area contributed by atoms with Gasteiger partial charge in [-0.2, -0.15) is 4.68 Å². The number of carbonyl (C=O) groups excluding carboxylic acids is 1. The minimum Gasteiger partial charge on any atom is -0.376 e. The SMILES string of the molecule is Cc1nnnn1-c1cccc(NCC(=O)N(C)c2ccccc2)c1. The minimum absolute atomic E-state index is 0.0230. The zero-order chi connectivity index (χ0) is 16.9. The number of benzene rings is 2. The lowest BCUT2D eigenvalue weighted by Crippen LogP contribution is -2.32. The summed E-state index contributed by atoms with van der Waals surface area (Å²) in [4.78, 5) is 13.9. The van der Waals surface area contributed by atoms with Gasteiger partial charge < -0.3 is 10.2 Å². The first-order valence-electron chi connectivity index (χ1n) is 7.56. The summed E-state index contributed by atoms with van der Waals surface area (Å²) in [5.41, 5.74) is 2.53. The van der Waals surface area contributed by atoms with Crippen molar-refractivity contribution in [3.05, 3.63) is 60.4 Å². The molecule has 1 heterocycles. The summed E-state index contributed by atoms with van der Waals surface area (Å²) < 4.78 is 1.64. The van der Waals surface area contributed by atoms with Gasteiger partial charge in [-0.3, -0.25) is 4.79 Å². The molecule has 0 radical (unpaired) electrons.